The smallest absolute Gasteiger partial charge is 0.252 e. The summed E-state index contributed by atoms with van der Waals surface area (Å²) < 4.78 is 1.77. The first kappa shape index (κ1) is 16.8. The van der Waals surface area contributed by atoms with E-state index in [4.69, 9.17) is 4.98 Å². The molecule has 2 heterocycles. The highest BCUT2D eigenvalue weighted by atomic mass is 16.1. The number of nitrogens with one attached hydrogen (secondary N) is 1. The van der Waals surface area contributed by atoms with Gasteiger partial charge in [0, 0.05) is 18.7 Å². The number of pyridine rings is 1. The van der Waals surface area contributed by atoms with E-state index < -0.39 is 5.54 Å². The first-order valence-corrected chi connectivity index (χ1v) is 9.09. The summed E-state index contributed by atoms with van der Waals surface area (Å²) in [4.78, 5) is 18.0. The second-order valence-corrected chi connectivity index (χ2v) is 7.72. The third kappa shape index (κ3) is 2.87. The molecule has 4 rings (SSSR count). The molecule has 0 atom stereocenters. The van der Waals surface area contributed by atoms with Gasteiger partial charge in [0.05, 0.1) is 22.2 Å². The van der Waals surface area contributed by atoms with Gasteiger partial charge < -0.3 is 5.32 Å². The van der Waals surface area contributed by atoms with Crippen LogP contribution >= 0.6 is 0 Å². The molecule has 5 nitrogen and oxygen atoms in total. The summed E-state index contributed by atoms with van der Waals surface area (Å²) >= 11 is 0. The Morgan fingerprint density at radius 2 is 1.92 bits per heavy atom. The van der Waals surface area contributed by atoms with Crippen LogP contribution in [0.25, 0.3) is 11.0 Å². The minimum atomic E-state index is -0.468. The summed E-state index contributed by atoms with van der Waals surface area (Å²) in [6, 6.07) is 12.0. The van der Waals surface area contributed by atoms with Gasteiger partial charge in [-0.25, -0.2) is 4.98 Å². The fourth-order valence-corrected chi connectivity index (χ4v) is 3.51. The highest BCUT2D eigenvalue weighted by Gasteiger charge is 2.30. The Bertz CT molecular complexity index is 984. The summed E-state index contributed by atoms with van der Waals surface area (Å²) in [6.45, 7) is 5.98. The van der Waals surface area contributed by atoms with Gasteiger partial charge >= 0.3 is 0 Å². The quantitative estimate of drug-likeness (QED) is 0.780. The highest BCUT2D eigenvalue weighted by Crippen LogP contribution is 2.40. The van der Waals surface area contributed by atoms with E-state index in [1.165, 1.54) is 0 Å². The highest BCUT2D eigenvalue weighted by molar-refractivity contribution is 6.06. The molecule has 26 heavy (non-hydrogen) atoms. The van der Waals surface area contributed by atoms with Crippen molar-refractivity contribution in [2.45, 2.75) is 45.1 Å². The topological polar surface area (TPSA) is 59.8 Å². The number of aryl methyl sites for hydroxylation is 2. The van der Waals surface area contributed by atoms with E-state index in [9.17, 15) is 4.79 Å². The van der Waals surface area contributed by atoms with Gasteiger partial charge in [0.1, 0.15) is 0 Å². The van der Waals surface area contributed by atoms with Gasteiger partial charge in [-0.15, -0.1) is 0 Å². The molecule has 0 aliphatic heterocycles. The van der Waals surface area contributed by atoms with E-state index in [0.717, 1.165) is 40.8 Å². The second kappa shape index (κ2) is 5.94. The van der Waals surface area contributed by atoms with Crippen molar-refractivity contribution >= 4 is 16.9 Å². The molecular formula is C21H24N4O. The fraction of sp³-hybridized carbons (Fsp3) is 0.381. The minimum absolute atomic E-state index is 0.0794. The van der Waals surface area contributed by atoms with Crippen molar-refractivity contribution < 1.29 is 4.79 Å². The van der Waals surface area contributed by atoms with Crippen LogP contribution in [0.1, 0.15) is 59.9 Å². The molecule has 1 aliphatic rings. The lowest BCUT2D eigenvalue weighted by Crippen LogP contribution is -2.41. The van der Waals surface area contributed by atoms with E-state index >= 15 is 0 Å². The van der Waals surface area contributed by atoms with Crippen LogP contribution < -0.4 is 5.32 Å². The monoisotopic (exact) mass is 348 g/mol. The summed E-state index contributed by atoms with van der Waals surface area (Å²) in [5.41, 5.74) is 3.90. The maximum absolute atomic E-state index is 13.2. The Hall–Kier alpha value is -2.69. The van der Waals surface area contributed by atoms with Gasteiger partial charge in [0.15, 0.2) is 5.65 Å². The lowest BCUT2D eigenvalue weighted by atomic mass is 9.93. The molecule has 134 valence electrons. The van der Waals surface area contributed by atoms with E-state index in [0.29, 0.717) is 11.5 Å². The molecule has 1 N–H and O–H groups in total. The third-order valence-electron chi connectivity index (χ3n) is 5.15. The number of nitrogens with zero attached hydrogens (tertiary/aromatic N) is 3. The zero-order valence-electron chi connectivity index (χ0n) is 15.7. The van der Waals surface area contributed by atoms with Crippen LogP contribution in [0, 0.1) is 6.92 Å². The van der Waals surface area contributed by atoms with Crippen molar-refractivity contribution in [3.05, 3.63) is 58.9 Å². The van der Waals surface area contributed by atoms with Crippen molar-refractivity contribution in [2.75, 3.05) is 0 Å². The number of carbonyl (C=O) groups is 1. The first-order valence-electron chi connectivity index (χ1n) is 9.09. The lowest BCUT2D eigenvalue weighted by Gasteiger charge is -2.27. The Morgan fingerprint density at radius 1 is 1.23 bits per heavy atom. The van der Waals surface area contributed by atoms with E-state index in [1.807, 2.05) is 64.2 Å². The van der Waals surface area contributed by atoms with Crippen LogP contribution in [-0.4, -0.2) is 20.7 Å². The second-order valence-electron chi connectivity index (χ2n) is 7.72. The number of benzene rings is 1. The van der Waals surface area contributed by atoms with Gasteiger partial charge in [-0.05, 0) is 45.2 Å². The molecule has 3 aromatic rings. The predicted molar refractivity (Wildman–Crippen MR) is 102 cm³/mol. The molecule has 5 heteroatoms. The Morgan fingerprint density at radius 3 is 2.58 bits per heavy atom. The van der Waals surface area contributed by atoms with Crippen LogP contribution in [0.3, 0.4) is 0 Å². The van der Waals surface area contributed by atoms with Crippen LogP contribution in [0.15, 0.2) is 36.4 Å². The number of rotatable bonds is 4. The molecule has 0 bridgehead atoms. The minimum Gasteiger partial charge on any atom is -0.343 e. The maximum atomic E-state index is 13.2. The predicted octanol–water partition coefficient (Wildman–Crippen LogP) is 3.82. The Balaban J connectivity index is 1.77. The summed E-state index contributed by atoms with van der Waals surface area (Å²) in [5, 5.41) is 8.53. The first-order chi connectivity index (χ1) is 12.4. The number of aromatic nitrogens is 3. The van der Waals surface area contributed by atoms with Crippen molar-refractivity contribution in [2.24, 2.45) is 7.05 Å². The average molecular weight is 348 g/mol. The summed E-state index contributed by atoms with van der Waals surface area (Å²) in [6.07, 6.45) is 2.29. The molecule has 1 aromatic carbocycles. The van der Waals surface area contributed by atoms with Gasteiger partial charge in [0.2, 0.25) is 0 Å². The molecule has 0 unspecified atom stereocenters. The van der Waals surface area contributed by atoms with Crippen molar-refractivity contribution in [3.8, 4) is 0 Å². The molecule has 0 spiro atoms. The van der Waals surface area contributed by atoms with E-state index in [1.54, 1.807) is 4.68 Å². The van der Waals surface area contributed by atoms with Gasteiger partial charge in [0.25, 0.3) is 5.91 Å². The largest absolute Gasteiger partial charge is 0.343 e. The molecule has 1 aliphatic carbocycles. The molecule has 0 radical (unpaired) electrons. The van der Waals surface area contributed by atoms with Gasteiger partial charge in [-0.3, -0.25) is 9.48 Å². The number of carbonyl (C=O) groups excluding carboxylic acids is 1. The zero-order valence-corrected chi connectivity index (χ0v) is 15.7. The zero-order chi connectivity index (χ0) is 18.5. The number of hydrogen-bond acceptors (Lipinski definition) is 3. The molecule has 2 aromatic heterocycles. The number of hydrogen-bond donors (Lipinski definition) is 1. The Kier molecular flexibility index (Phi) is 3.83. The molecule has 1 fully saturated rings. The average Bonchev–Trinajstić information content (AvgIpc) is 3.42. The third-order valence-corrected chi connectivity index (χ3v) is 5.15. The molecule has 0 saturated heterocycles. The van der Waals surface area contributed by atoms with Gasteiger partial charge in [-0.2, -0.15) is 5.10 Å². The SMILES string of the molecule is Cc1nn(C)c2nc(C3CC3)cc(C(=O)NC(C)(C)c3ccccc3)c12. The van der Waals surface area contributed by atoms with Crippen LogP contribution in [0.4, 0.5) is 0 Å². The van der Waals surface area contributed by atoms with Crippen LogP contribution in [0.5, 0.6) is 0 Å². The van der Waals surface area contributed by atoms with Gasteiger partial charge in [-0.1, -0.05) is 30.3 Å². The fourth-order valence-electron chi connectivity index (χ4n) is 3.51. The van der Waals surface area contributed by atoms with E-state index in [2.05, 4.69) is 10.4 Å². The molecule has 1 saturated carbocycles. The van der Waals surface area contributed by atoms with Crippen molar-refractivity contribution in [3.63, 3.8) is 0 Å². The van der Waals surface area contributed by atoms with Crippen LogP contribution in [0.2, 0.25) is 0 Å². The van der Waals surface area contributed by atoms with Crippen LogP contribution in [-0.2, 0) is 12.6 Å². The van der Waals surface area contributed by atoms with Crippen molar-refractivity contribution in [1.29, 1.82) is 0 Å². The normalized spacial score (nSPS) is 14.6. The molecule has 1 amide bonds. The summed E-state index contributed by atoms with van der Waals surface area (Å²) in [5.74, 6) is 0.396. The molecular weight excluding hydrogens is 324 g/mol. The Labute approximate surface area is 153 Å². The number of amides is 1. The van der Waals surface area contributed by atoms with Crippen molar-refractivity contribution in [1.82, 2.24) is 20.1 Å². The maximum Gasteiger partial charge on any atom is 0.252 e. The lowest BCUT2D eigenvalue weighted by molar-refractivity contribution is 0.0913. The standard InChI is InChI=1S/C21H24N4O/c1-13-18-16(12-17(14-10-11-14)22-19(18)25(4)24-13)20(26)23-21(2,3)15-8-6-5-7-9-15/h5-9,12,14H,10-11H2,1-4H3,(H,23,26). The van der Waals surface area contributed by atoms with E-state index in [-0.39, 0.29) is 5.91 Å². The number of fused-ring (bicyclic) bond motifs is 1. The summed E-state index contributed by atoms with van der Waals surface area (Å²) in [7, 11) is 1.88.